The van der Waals surface area contributed by atoms with Gasteiger partial charge in [-0.15, -0.1) is 0 Å². The third-order valence-corrected chi connectivity index (χ3v) is 6.96. The fourth-order valence-electron chi connectivity index (χ4n) is 5.22. The molecule has 3 fully saturated rings. The number of halogens is 3. The first-order valence-corrected chi connectivity index (χ1v) is 11.7. The number of nitrogens with one attached hydrogen (secondary N) is 1. The smallest absolute Gasteiger partial charge is 0.365 e. The molecule has 2 bridgehead atoms. The van der Waals surface area contributed by atoms with E-state index in [4.69, 9.17) is 0 Å². The number of hydrogen-bond acceptors (Lipinski definition) is 5. The SMILES string of the molecule is Cc1ccc(C(=O)N2CC3CC[C@H]2[C@H](Nc2ccc(C(F)(F)F)cn2)C3)c(-c2ncccc2C)n1. The maximum atomic E-state index is 13.8. The summed E-state index contributed by atoms with van der Waals surface area (Å²) in [6.07, 6.45) is 0.795. The summed E-state index contributed by atoms with van der Waals surface area (Å²) in [4.78, 5) is 28.9. The molecular weight excluding hydrogens is 455 g/mol. The Morgan fingerprint density at radius 2 is 1.89 bits per heavy atom. The second kappa shape index (κ2) is 8.94. The molecule has 6 nitrogen and oxygen atoms in total. The number of hydrogen-bond donors (Lipinski definition) is 1. The van der Waals surface area contributed by atoms with Crippen LogP contribution in [0.2, 0.25) is 0 Å². The zero-order valence-corrected chi connectivity index (χ0v) is 19.5. The fraction of sp³-hybridized carbons (Fsp3) is 0.385. The van der Waals surface area contributed by atoms with Crippen molar-refractivity contribution in [2.75, 3.05) is 11.9 Å². The van der Waals surface area contributed by atoms with Gasteiger partial charge in [0.15, 0.2) is 0 Å². The van der Waals surface area contributed by atoms with E-state index in [9.17, 15) is 18.0 Å². The molecule has 2 saturated heterocycles. The molecule has 9 heteroatoms. The molecule has 2 aliphatic heterocycles. The van der Waals surface area contributed by atoms with E-state index in [1.807, 2.05) is 43.0 Å². The van der Waals surface area contributed by atoms with E-state index in [0.29, 0.717) is 35.2 Å². The zero-order valence-electron chi connectivity index (χ0n) is 19.5. The van der Waals surface area contributed by atoms with Crippen LogP contribution in [0.4, 0.5) is 19.0 Å². The van der Waals surface area contributed by atoms with Gasteiger partial charge in [-0.1, -0.05) is 6.07 Å². The van der Waals surface area contributed by atoms with Gasteiger partial charge in [0, 0.05) is 30.7 Å². The highest BCUT2D eigenvalue weighted by Gasteiger charge is 2.44. The van der Waals surface area contributed by atoms with Crippen LogP contribution in [0.5, 0.6) is 0 Å². The van der Waals surface area contributed by atoms with Gasteiger partial charge in [-0.2, -0.15) is 13.2 Å². The van der Waals surface area contributed by atoms with Gasteiger partial charge in [-0.05, 0) is 74.9 Å². The number of pyridine rings is 3. The highest BCUT2D eigenvalue weighted by atomic mass is 19.4. The number of carbonyl (C=O) groups excluding carboxylic acids is 1. The lowest BCUT2D eigenvalue weighted by Crippen LogP contribution is -2.59. The molecule has 1 amide bonds. The Labute approximate surface area is 201 Å². The van der Waals surface area contributed by atoms with Crippen LogP contribution in [-0.4, -0.2) is 44.4 Å². The number of alkyl halides is 3. The average Bonchev–Trinajstić information content (AvgIpc) is 2.84. The fourth-order valence-corrected chi connectivity index (χ4v) is 5.22. The number of aromatic nitrogens is 3. The molecule has 0 spiro atoms. The molecule has 1 aliphatic carbocycles. The molecule has 0 aromatic carbocycles. The summed E-state index contributed by atoms with van der Waals surface area (Å²) in [6.45, 7) is 4.48. The van der Waals surface area contributed by atoms with Crippen molar-refractivity contribution in [3.05, 3.63) is 71.2 Å². The molecule has 3 aliphatic rings. The third kappa shape index (κ3) is 4.59. The molecule has 5 heterocycles. The van der Waals surface area contributed by atoms with Crippen LogP contribution in [0.25, 0.3) is 11.4 Å². The molecule has 1 unspecified atom stereocenters. The highest BCUT2D eigenvalue weighted by molar-refractivity contribution is 6.00. The van der Waals surface area contributed by atoms with Crippen molar-refractivity contribution in [1.29, 1.82) is 0 Å². The number of amides is 1. The molecule has 0 radical (unpaired) electrons. The van der Waals surface area contributed by atoms with E-state index in [2.05, 4.69) is 20.3 Å². The van der Waals surface area contributed by atoms with Crippen LogP contribution < -0.4 is 5.32 Å². The van der Waals surface area contributed by atoms with E-state index in [1.54, 1.807) is 6.20 Å². The minimum absolute atomic E-state index is 0.0874. The van der Waals surface area contributed by atoms with E-state index < -0.39 is 11.7 Å². The normalized spacial score (nSPS) is 21.7. The first-order valence-electron chi connectivity index (χ1n) is 11.7. The predicted octanol–water partition coefficient (Wildman–Crippen LogP) is 5.28. The van der Waals surface area contributed by atoms with Crippen molar-refractivity contribution >= 4 is 11.7 Å². The Kier molecular flexibility index (Phi) is 5.94. The maximum absolute atomic E-state index is 13.8. The lowest BCUT2D eigenvalue weighted by molar-refractivity contribution is -0.137. The van der Waals surface area contributed by atoms with Crippen molar-refractivity contribution in [2.45, 2.75) is 51.4 Å². The van der Waals surface area contributed by atoms with Gasteiger partial charge in [-0.3, -0.25) is 14.8 Å². The van der Waals surface area contributed by atoms with Gasteiger partial charge in [0.05, 0.1) is 22.9 Å². The van der Waals surface area contributed by atoms with Gasteiger partial charge >= 0.3 is 6.18 Å². The van der Waals surface area contributed by atoms with Gasteiger partial charge in [-0.25, -0.2) is 4.98 Å². The quantitative estimate of drug-likeness (QED) is 0.549. The maximum Gasteiger partial charge on any atom is 0.417 e. The van der Waals surface area contributed by atoms with Crippen LogP contribution in [-0.2, 0) is 6.18 Å². The van der Waals surface area contributed by atoms with Crippen molar-refractivity contribution in [3.63, 3.8) is 0 Å². The van der Waals surface area contributed by atoms with E-state index in [-0.39, 0.29) is 18.0 Å². The lowest BCUT2D eigenvalue weighted by atomic mass is 9.76. The first kappa shape index (κ1) is 23.3. The molecule has 3 atom stereocenters. The van der Waals surface area contributed by atoms with Crippen molar-refractivity contribution < 1.29 is 18.0 Å². The monoisotopic (exact) mass is 481 g/mol. The van der Waals surface area contributed by atoms with Gasteiger partial charge in [0.25, 0.3) is 5.91 Å². The Morgan fingerprint density at radius 1 is 1.06 bits per heavy atom. The van der Waals surface area contributed by atoms with Crippen molar-refractivity contribution in [1.82, 2.24) is 19.9 Å². The number of aryl methyl sites for hydroxylation is 2. The minimum atomic E-state index is -4.43. The van der Waals surface area contributed by atoms with Crippen LogP contribution in [0, 0.1) is 19.8 Å². The van der Waals surface area contributed by atoms with Gasteiger partial charge in [0.1, 0.15) is 11.5 Å². The standard InChI is InChI=1S/C26H26F3N5O/c1-15-4-3-11-30-23(15)24-19(8-5-16(2)32-24)25(35)34-14-17-6-9-21(34)20(12-17)33-22-10-7-18(13-31-22)26(27,28)29/h3-5,7-8,10-11,13,17,20-21H,6,9,12,14H2,1-2H3,(H,31,33)/t17?,20-,21+/m1/s1. The van der Waals surface area contributed by atoms with Crippen molar-refractivity contribution in [2.24, 2.45) is 5.92 Å². The summed E-state index contributed by atoms with van der Waals surface area (Å²) in [5.41, 5.74) is 2.72. The zero-order chi connectivity index (χ0) is 24.7. The van der Waals surface area contributed by atoms with Crippen molar-refractivity contribution in [3.8, 4) is 11.4 Å². The second-order valence-corrected chi connectivity index (χ2v) is 9.40. The number of piperidine rings is 2. The molecule has 3 aromatic rings. The Hall–Kier alpha value is -3.49. The first-order chi connectivity index (χ1) is 16.7. The number of nitrogens with zero attached hydrogens (tertiary/aromatic N) is 4. The Bertz CT molecular complexity index is 1240. The van der Waals surface area contributed by atoms with Gasteiger partial charge in [0.2, 0.25) is 0 Å². The number of anilines is 1. The largest absolute Gasteiger partial charge is 0.417 e. The van der Waals surface area contributed by atoms with Crippen LogP contribution >= 0.6 is 0 Å². The molecule has 3 aromatic heterocycles. The van der Waals surface area contributed by atoms with Gasteiger partial charge < -0.3 is 10.2 Å². The molecule has 182 valence electrons. The summed E-state index contributed by atoms with van der Waals surface area (Å²) < 4.78 is 38.7. The summed E-state index contributed by atoms with van der Waals surface area (Å²) >= 11 is 0. The summed E-state index contributed by atoms with van der Waals surface area (Å²) in [5, 5.41) is 3.29. The molecule has 35 heavy (non-hydrogen) atoms. The molecule has 1 saturated carbocycles. The third-order valence-electron chi connectivity index (χ3n) is 6.96. The second-order valence-electron chi connectivity index (χ2n) is 9.40. The topological polar surface area (TPSA) is 71.0 Å². The van der Waals surface area contributed by atoms with E-state index in [1.165, 1.54) is 6.07 Å². The van der Waals surface area contributed by atoms with Crippen LogP contribution in [0.1, 0.15) is 46.4 Å². The summed E-state index contributed by atoms with van der Waals surface area (Å²) in [7, 11) is 0. The molecule has 6 rings (SSSR count). The van der Waals surface area contributed by atoms with Crippen LogP contribution in [0.3, 0.4) is 0 Å². The Balaban J connectivity index is 1.41. The highest BCUT2D eigenvalue weighted by Crippen LogP contribution is 2.38. The molecule has 1 N–H and O–H groups in total. The van der Waals surface area contributed by atoms with E-state index >= 15 is 0 Å². The number of rotatable bonds is 4. The number of fused-ring (bicyclic) bond motifs is 3. The minimum Gasteiger partial charge on any atom is -0.365 e. The predicted molar refractivity (Wildman–Crippen MR) is 126 cm³/mol. The summed E-state index contributed by atoms with van der Waals surface area (Å²) in [6, 6.07) is 9.65. The Morgan fingerprint density at radius 3 is 2.57 bits per heavy atom. The van der Waals surface area contributed by atoms with Crippen LogP contribution in [0.15, 0.2) is 48.8 Å². The van der Waals surface area contributed by atoms with E-state index in [0.717, 1.165) is 42.8 Å². The molecular formula is C26H26F3N5O. The summed E-state index contributed by atoms with van der Waals surface area (Å²) in [5.74, 6) is 0.596. The number of carbonyl (C=O) groups is 1. The average molecular weight is 482 g/mol. The lowest BCUT2D eigenvalue weighted by Gasteiger charge is -2.50.